The van der Waals surface area contributed by atoms with E-state index in [9.17, 15) is 0 Å². The second kappa shape index (κ2) is 5.08. The fourth-order valence-corrected chi connectivity index (χ4v) is 2.56. The van der Waals surface area contributed by atoms with Gasteiger partial charge in [0.15, 0.2) is 0 Å². The number of rotatable bonds is 3. The van der Waals surface area contributed by atoms with Crippen LogP contribution < -0.4 is 15.2 Å². The van der Waals surface area contributed by atoms with Gasteiger partial charge in [-0.05, 0) is 49.2 Å². The van der Waals surface area contributed by atoms with Gasteiger partial charge in [-0.15, -0.1) is 0 Å². The van der Waals surface area contributed by atoms with E-state index >= 15 is 0 Å². The summed E-state index contributed by atoms with van der Waals surface area (Å²) >= 11 is 0. The van der Waals surface area contributed by atoms with Crippen molar-refractivity contribution in [2.75, 3.05) is 12.3 Å². The van der Waals surface area contributed by atoms with Gasteiger partial charge in [0.2, 0.25) is 0 Å². The summed E-state index contributed by atoms with van der Waals surface area (Å²) in [5, 5.41) is 0. The summed E-state index contributed by atoms with van der Waals surface area (Å²) in [6.45, 7) is 4.65. The third-order valence-electron chi connectivity index (χ3n) is 3.58. The molecule has 0 spiro atoms. The molecule has 20 heavy (non-hydrogen) atoms. The molecule has 0 radical (unpaired) electrons. The van der Waals surface area contributed by atoms with Gasteiger partial charge in [0.05, 0.1) is 0 Å². The van der Waals surface area contributed by atoms with Crippen molar-refractivity contribution in [1.29, 1.82) is 0 Å². The summed E-state index contributed by atoms with van der Waals surface area (Å²) in [6, 6.07) is 12.0. The predicted octanol–water partition coefficient (Wildman–Crippen LogP) is 3.27. The van der Waals surface area contributed by atoms with E-state index in [2.05, 4.69) is 19.1 Å². The first-order chi connectivity index (χ1) is 9.61. The van der Waals surface area contributed by atoms with Crippen molar-refractivity contribution in [3.8, 4) is 11.5 Å². The molecule has 0 aromatic heterocycles. The van der Waals surface area contributed by atoms with E-state index in [4.69, 9.17) is 15.2 Å². The van der Waals surface area contributed by atoms with Crippen LogP contribution >= 0.6 is 0 Å². The van der Waals surface area contributed by atoms with Crippen LogP contribution in [-0.4, -0.2) is 12.7 Å². The summed E-state index contributed by atoms with van der Waals surface area (Å²) in [4.78, 5) is 0. The molecule has 1 unspecified atom stereocenters. The Morgan fingerprint density at radius 2 is 2.05 bits per heavy atom. The minimum absolute atomic E-state index is 0.0868. The summed E-state index contributed by atoms with van der Waals surface area (Å²) in [5.74, 6) is 1.85. The van der Waals surface area contributed by atoms with Crippen LogP contribution in [0, 0.1) is 13.8 Å². The smallest absolute Gasteiger partial charge is 0.137 e. The standard InChI is InChI=1S/C17H19NO2/c1-11-3-5-17-13(7-11)9-15(20-17)10-19-16-6-4-14(18)8-12(16)2/h3-8,15H,9-10,18H2,1-2H3. The molecule has 3 heteroatoms. The van der Waals surface area contributed by atoms with Crippen LogP contribution in [0.4, 0.5) is 5.69 Å². The van der Waals surface area contributed by atoms with Crippen molar-refractivity contribution in [3.05, 3.63) is 53.1 Å². The van der Waals surface area contributed by atoms with E-state index in [0.717, 1.165) is 29.2 Å². The minimum atomic E-state index is 0.0868. The molecule has 0 fully saturated rings. The lowest BCUT2D eigenvalue weighted by Gasteiger charge is -2.14. The van der Waals surface area contributed by atoms with Crippen LogP contribution in [0.5, 0.6) is 11.5 Å². The van der Waals surface area contributed by atoms with Gasteiger partial charge in [-0.2, -0.15) is 0 Å². The van der Waals surface area contributed by atoms with E-state index in [0.29, 0.717) is 6.61 Å². The number of ether oxygens (including phenoxy) is 2. The molecule has 2 aromatic carbocycles. The predicted molar refractivity (Wildman–Crippen MR) is 80.4 cm³/mol. The highest BCUT2D eigenvalue weighted by Gasteiger charge is 2.23. The molecule has 1 atom stereocenters. The molecule has 0 saturated carbocycles. The van der Waals surface area contributed by atoms with Gasteiger partial charge in [0.25, 0.3) is 0 Å². The van der Waals surface area contributed by atoms with Gasteiger partial charge in [-0.1, -0.05) is 17.7 Å². The number of benzene rings is 2. The molecule has 2 N–H and O–H groups in total. The fourth-order valence-electron chi connectivity index (χ4n) is 2.56. The molecule has 0 saturated heterocycles. The second-order valence-corrected chi connectivity index (χ2v) is 5.39. The number of anilines is 1. The van der Waals surface area contributed by atoms with Crippen molar-refractivity contribution >= 4 is 5.69 Å². The maximum absolute atomic E-state index is 5.90. The average molecular weight is 269 g/mol. The van der Waals surface area contributed by atoms with Crippen LogP contribution in [0.25, 0.3) is 0 Å². The van der Waals surface area contributed by atoms with Gasteiger partial charge < -0.3 is 15.2 Å². The summed E-state index contributed by atoms with van der Waals surface area (Å²) in [5.41, 5.74) is 10.1. The Morgan fingerprint density at radius 3 is 2.85 bits per heavy atom. The molecule has 1 aliphatic heterocycles. The van der Waals surface area contributed by atoms with E-state index in [1.54, 1.807) is 0 Å². The quantitative estimate of drug-likeness (QED) is 0.870. The highest BCUT2D eigenvalue weighted by Crippen LogP contribution is 2.30. The Bertz CT molecular complexity index is 637. The number of aryl methyl sites for hydroxylation is 2. The minimum Gasteiger partial charge on any atom is -0.489 e. The van der Waals surface area contributed by atoms with Crippen LogP contribution in [0.2, 0.25) is 0 Å². The van der Waals surface area contributed by atoms with Crippen molar-refractivity contribution in [3.63, 3.8) is 0 Å². The molecule has 2 aromatic rings. The van der Waals surface area contributed by atoms with Crippen LogP contribution in [0.1, 0.15) is 16.7 Å². The Labute approximate surface area is 119 Å². The van der Waals surface area contributed by atoms with Gasteiger partial charge in [-0.25, -0.2) is 0 Å². The topological polar surface area (TPSA) is 44.5 Å². The van der Waals surface area contributed by atoms with Gasteiger partial charge >= 0.3 is 0 Å². The zero-order chi connectivity index (χ0) is 14.1. The number of nitrogens with two attached hydrogens (primary N) is 1. The van der Waals surface area contributed by atoms with Crippen LogP contribution in [0.3, 0.4) is 0 Å². The lowest BCUT2D eigenvalue weighted by atomic mass is 10.1. The normalized spacial score (nSPS) is 16.6. The molecule has 1 heterocycles. The first-order valence-electron chi connectivity index (χ1n) is 6.87. The van der Waals surface area contributed by atoms with Gasteiger partial charge in [0, 0.05) is 12.1 Å². The van der Waals surface area contributed by atoms with Crippen LogP contribution in [-0.2, 0) is 6.42 Å². The van der Waals surface area contributed by atoms with Gasteiger partial charge in [0.1, 0.15) is 24.2 Å². The number of nitrogen functional groups attached to an aromatic ring is 1. The molecule has 104 valence electrons. The van der Waals surface area contributed by atoms with Gasteiger partial charge in [-0.3, -0.25) is 0 Å². The molecular weight excluding hydrogens is 250 g/mol. The van der Waals surface area contributed by atoms with Crippen molar-refractivity contribution in [2.45, 2.75) is 26.4 Å². The lowest BCUT2D eigenvalue weighted by Crippen LogP contribution is -2.22. The van der Waals surface area contributed by atoms with E-state index in [-0.39, 0.29) is 6.10 Å². The van der Waals surface area contributed by atoms with Crippen LogP contribution in [0.15, 0.2) is 36.4 Å². The van der Waals surface area contributed by atoms with Crippen molar-refractivity contribution in [2.24, 2.45) is 0 Å². The number of fused-ring (bicyclic) bond motifs is 1. The molecule has 0 bridgehead atoms. The lowest BCUT2D eigenvalue weighted by molar-refractivity contribution is 0.148. The van der Waals surface area contributed by atoms with E-state index in [1.807, 2.05) is 31.2 Å². The Morgan fingerprint density at radius 1 is 1.20 bits per heavy atom. The van der Waals surface area contributed by atoms with Crippen molar-refractivity contribution in [1.82, 2.24) is 0 Å². The monoisotopic (exact) mass is 269 g/mol. The Kier molecular flexibility index (Phi) is 3.26. The number of hydrogen-bond donors (Lipinski definition) is 1. The first kappa shape index (κ1) is 12.9. The Balaban J connectivity index is 1.63. The van der Waals surface area contributed by atoms with E-state index in [1.165, 1.54) is 11.1 Å². The average Bonchev–Trinajstić information content (AvgIpc) is 2.79. The maximum atomic E-state index is 5.90. The molecular formula is C17H19NO2. The summed E-state index contributed by atoms with van der Waals surface area (Å²) in [6.07, 6.45) is 0.995. The molecule has 0 amide bonds. The zero-order valence-corrected chi connectivity index (χ0v) is 11.8. The molecule has 3 nitrogen and oxygen atoms in total. The maximum Gasteiger partial charge on any atom is 0.137 e. The zero-order valence-electron chi connectivity index (χ0n) is 11.8. The summed E-state index contributed by atoms with van der Waals surface area (Å²) < 4.78 is 11.8. The third-order valence-corrected chi connectivity index (χ3v) is 3.58. The SMILES string of the molecule is Cc1ccc2c(c1)CC(COc1ccc(N)cc1C)O2. The molecule has 1 aliphatic rings. The fraction of sp³-hybridized carbons (Fsp3) is 0.294. The first-order valence-corrected chi connectivity index (χ1v) is 6.87. The molecule has 0 aliphatic carbocycles. The summed E-state index contributed by atoms with van der Waals surface area (Å²) in [7, 11) is 0. The third kappa shape index (κ3) is 2.57. The highest BCUT2D eigenvalue weighted by atomic mass is 16.5. The second-order valence-electron chi connectivity index (χ2n) is 5.39. The number of hydrogen-bond acceptors (Lipinski definition) is 3. The molecule has 3 rings (SSSR count). The Hall–Kier alpha value is -2.16. The largest absolute Gasteiger partial charge is 0.489 e. The van der Waals surface area contributed by atoms with E-state index < -0.39 is 0 Å². The van der Waals surface area contributed by atoms with Crippen molar-refractivity contribution < 1.29 is 9.47 Å². The highest BCUT2D eigenvalue weighted by molar-refractivity contribution is 5.47.